The topological polar surface area (TPSA) is 90.0 Å². The Kier molecular flexibility index (Phi) is 9.06. The first-order chi connectivity index (χ1) is 15.1. The Morgan fingerprint density at radius 2 is 1.62 bits per heavy atom. The Morgan fingerprint density at radius 1 is 1.03 bits per heavy atom. The molecule has 1 atom stereocenters. The van der Waals surface area contributed by atoms with Crippen LogP contribution in [0.25, 0.3) is 0 Å². The summed E-state index contributed by atoms with van der Waals surface area (Å²) in [6.07, 6.45) is 0.366. The molecule has 2 rings (SSSR count). The molecule has 0 heterocycles. The molecule has 0 saturated heterocycles. The van der Waals surface area contributed by atoms with Gasteiger partial charge in [0.15, 0.2) is 0 Å². The fourth-order valence-electron chi connectivity index (χ4n) is 3.18. The zero-order valence-electron chi connectivity index (χ0n) is 18.7. The van der Waals surface area contributed by atoms with Gasteiger partial charge in [-0.05, 0) is 36.2 Å². The molecule has 1 N–H and O–H groups in total. The Balaban J connectivity index is 2.45. The molecule has 0 aliphatic heterocycles. The lowest BCUT2D eigenvalue weighted by Gasteiger charge is -2.33. The first-order valence-electron chi connectivity index (χ1n) is 10.1. The van der Waals surface area contributed by atoms with Crippen LogP contribution in [0.1, 0.15) is 18.9 Å². The first kappa shape index (κ1) is 25.6. The molecule has 0 unspecified atom stereocenters. The fraction of sp³-hybridized carbons (Fsp3) is 0.364. The van der Waals surface area contributed by atoms with E-state index in [1.54, 1.807) is 61.5 Å². The lowest BCUT2D eigenvalue weighted by molar-refractivity contribution is -0.140. The molecule has 0 spiro atoms. The average Bonchev–Trinajstić information content (AvgIpc) is 2.78. The summed E-state index contributed by atoms with van der Waals surface area (Å²) in [5.74, 6) is -0.818. The lowest BCUT2D eigenvalue weighted by Crippen LogP contribution is -2.52. The van der Waals surface area contributed by atoms with Gasteiger partial charge in [0.25, 0.3) is 0 Å². The minimum absolute atomic E-state index is 0.132. The van der Waals surface area contributed by atoms with Crippen LogP contribution < -0.4 is 9.62 Å². The number of anilines is 1. The van der Waals surface area contributed by atoms with Crippen molar-refractivity contribution in [1.29, 1.82) is 0 Å². The summed E-state index contributed by atoms with van der Waals surface area (Å²) in [6.45, 7) is 1.48. The average molecular weight is 481 g/mol. The van der Waals surface area contributed by atoms with Crippen LogP contribution in [0.15, 0.2) is 54.6 Å². The van der Waals surface area contributed by atoms with Crippen molar-refractivity contribution in [3.63, 3.8) is 0 Å². The second-order valence-corrected chi connectivity index (χ2v) is 9.82. The number of para-hydroxylation sites is 1. The quantitative estimate of drug-likeness (QED) is 0.565. The normalized spacial score (nSPS) is 12.3. The number of hydrogen-bond acceptors (Lipinski definition) is 4. The van der Waals surface area contributed by atoms with E-state index >= 15 is 0 Å². The maximum Gasteiger partial charge on any atom is 0.304 e. The SMILES string of the molecule is CC[C@@H](C(=O)NC)N(Cc1ccc(Cl)cc1)C(=O)CN(c1ccccc1)S(=O)(=O)N(C)C. The van der Waals surface area contributed by atoms with Gasteiger partial charge in [-0.2, -0.15) is 12.7 Å². The van der Waals surface area contributed by atoms with Gasteiger partial charge in [-0.15, -0.1) is 0 Å². The highest BCUT2D eigenvalue weighted by Gasteiger charge is 2.33. The number of nitrogens with one attached hydrogen (secondary N) is 1. The summed E-state index contributed by atoms with van der Waals surface area (Å²) < 4.78 is 28.1. The van der Waals surface area contributed by atoms with Gasteiger partial charge in [0.1, 0.15) is 12.6 Å². The van der Waals surface area contributed by atoms with Crippen LogP contribution in [0, 0.1) is 0 Å². The van der Waals surface area contributed by atoms with Gasteiger partial charge in [0, 0.05) is 32.7 Å². The zero-order valence-corrected chi connectivity index (χ0v) is 20.2. The van der Waals surface area contributed by atoms with Gasteiger partial charge >= 0.3 is 10.2 Å². The molecule has 2 amide bonds. The summed E-state index contributed by atoms with van der Waals surface area (Å²) >= 11 is 5.97. The molecular weight excluding hydrogens is 452 g/mol. The van der Waals surface area contributed by atoms with Crippen molar-refractivity contribution in [1.82, 2.24) is 14.5 Å². The van der Waals surface area contributed by atoms with Gasteiger partial charge in [0.2, 0.25) is 11.8 Å². The Bertz CT molecular complexity index is 1010. The van der Waals surface area contributed by atoms with E-state index in [0.29, 0.717) is 17.1 Å². The van der Waals surface area contributed by atoms with Gasteiger partial charge in [-0.1, -0.05) is 48.9 Å². The van der Waals surface area contributed by atoms with Crippen molar-refractivity contribution < 1.29 is 18.0 Å². The molecule has 174 valence electrons. The molecule has 0 bridgehead atoms. The van der Waals surface area contributed by atoms with E-state index in [0.717, 1.165) is 14.2 Å². The number of likely N-dealkylation sites (N-methyl/N-ethyl adjacent to an activating group) is 1. The van der Waals surface area contributed by atoms with E-state index in [9.17, 15) is 18.0 Å². The van der Waals surface area contributed by atoms with Crippen molar-refractivity contribution in [2.75, 3.05) is 32.0 Å². The smallest absolute Gasteiger partial charge is 0.304 e. The third kappa shape index (κ3) is 6.21. The summed E-state index contributed by atoms with van der Waals surface area (Å²) in [5, 5.41) is 3.14. The summed E-state index contributed by atoms with van der Waals surface area (Å²) in [5.41, 5.74) is 1.13. The summed E-state index contributed by atoms with van der Waals surface area (Å²) in [7, 11) is 0.353. The highest BCUT2D eigenvalue weighted by atomic mass is 35.5. The van der Waals surface area contributed by atoms with E-state index in [1.165, 1.54) is 26.0 Å². The zero-order chi connectivity index (χ0) is 23.9. The Hall–Kier alpha value is -2.62. The Morgan fingerprint density at radius 3 is 2.12 bits per heavy atom. The van der Waals surface area contributed by atoms with Gasteiger partial charge in [0.05, 0.1) is 5.69 Å². The third-order valence-electron chi connectivity index (χ3n) is 4.96. The van der Waals surface area contributed by atoms with Gasteiger partial charge in [-0.25, -0.2) is 4.31 Å². The number of benzene rings is 2. The molecule has 0 radical (unpaired) electrons. The minimum Gasteiger partial charge on any atom is -0.357 e. The van der Waals surface area contributed by atoms with Crippen LogP contribution >= 0.6 is 11.6 Å². The van der Waals surface area contributed by atoms with Crippen LogP contribution in [0.5, 0.6) is 0 Å². The first-order valence-corrected chi connectivity index (χ1v) is 11.9. The van der Waals surface area contributed by atoms with Gasteiger partial charge in [-0.3, -0.25) is 9.59 Å². The highest BCUT2D eigenvalue weighted by molar-refractivity contribution is 7.90. The summed E-state index contributed by atoms with van der Waals surface area (Å²) in [4.78, 5) is 27.4. The predicted molar refractivity (Wildman–Crippen MR) is 127 cm³/mol. The van der Waals surface area contributed by atoms with E-state index in [2.05, 4.69) is 5.32 Å². The van der Waals surface area contributed by atoms with Crippen LogP contribution in [-0.2, 0) is 26.3 Å². The lowest BCUT2D eigenvalue weighted by atomic mass is 10.1. The molecule has 0 aliphatic rings. The van der Waals surface area contributed by atoms with Crippen LogP contribution in [0.3, 0.4) is 0 Å². The van der Waals surface area contributed by atoms with Crippen molar-refractivity contribution in [2.24, 2.45) is 0 Å². The Labute approximate surface area is 194 Å². The third-order valence-corrected chi connectivity index (χ3v) is 7.03. The van der Waals surface area contributed by atoms with Crippen LogP contribution in [0.2, 0.25) is 5.02 Å². The van der Waals surface area contributed by atoms with Crippen molar-refractivity contribution in [3.05, 3.63) is 65.2 Å². The number of rotatable bonds is 10. The number of carbonyl (C=O) groups excluding carboxylic acids is 2. The largest absolute Gasteiger partial charge is 0.357 e. The van der Waals surface area contributed by atoms with Crippen molar-refractivity contribution in [3.8, 4) is 0 Å². The summed E-state index contributed by atoms with van der Waals surface area (Å²) in [6, 6.07) is 14.6. The van der Waals surface area contributed by atoms with E-state index in [4.69, 9.17) is 11.6 Å². The molecule has 2 aromatic carbocycles. The fourth-order valence-corrected chi connectivity index (χ4v) is 4.37. The number of halogens is 1. The second kappa shape index (κ2) is 11.3. The number of amides is 2. The molecule has 0 aromatic heterocycles. The maximum absolute atomic E-state index is 13.5. The van der Waals surface area contributed by atoms with Gasteiger partial charge < -0.3 is 10.2 Å². The molecule has 0 saturated carbocycles. The number of hydrogen-bond donors (Lipinski definition) is 1. The monoisotopic (exact) mass is 480 g/mol. The predicted octanol–water partition coefficient (Wildman–Crippen LogP) is 2.51. The minimum atomic E-state index is -3.96. The maximum atomic E-state index is 13.5. The van der Waals surface area contributed by atoms with E-state index in [1.807, 2.05) is 0 Å². The van der Waals surface area contributed by atoms with Crippen LogP contribution in [-0.4, -0.2) is 63.2 Å². The molecule has 32 heavy (non-hydrogen) atoms. The van der Waals surface area contributed by atoms with Crippen LogP contribution in [0.4, 0.5) is 5.69 Å². The van der Waals surface area contributed by atoms with E-state index in [-0.39, 0.29) is 12.5 Å². The molecule has 10 heteroatoms. The molecule has 0 aliphatic carbocycles. The second-order valence-electron chi connectivity index (χ2n) is 7.32. The standard InChI is InChI=1S/C22H29ClN4O4S/c1-5-20(22(29)24-2)26(15-17-11-13-18(23)14-12-17)21(28)16-27(32(30,31)25(3)4)19-9-7-6-8-10-19/h6-14,20H,5,15-16H2,1-4H3,(H,24,29)/t20-/m0/s1. The molecular formula is C22H29ClN4O4S. The number of nitrogens with zero attached hydrogens (tertiary/aromatic N) is 3. The molecule has 2 aromatic rings. The van der Waals surface area contributed by atoms with Crippen molar-refractivity contribution in [2.45, 2.75) is 25.9 Å². The molecule has 8 nitrogen and oxygen atoms in total. The highest BCUT2D eigenvalue weighted by Crippen LogP contribution is 2.21. The number of carbonyl (C=O) groups is 2. The van der Waals surface area contributed by atoms with E-state index < -0.39 is 28.7 Å². The van der Waals surface area contributed by atoms with Crippen molar-refractivity contribution >= 4 is 39.3 Å². The molecule has 0 fully saturated rings.